The molecule has 0 aliphatic carbocycles. The second-order valence-corrected chi connectivity index (χ2v) is 7.17. The average Bonchev–Trinajstić information content (AvgIpc) is 3.27. The molecule has 0 fully saturated rings. The summed E-state index contributed by atoms with van der Waals surface area (Å²) in [6.45, 7) is 13.8. The zero-order valence-corrected chi connectivity index (χ0v) is 21.8. The van der Waals surface area contributed by atoms with Crippen LogP contribution in [0.1, 0.15) is 83.7 Å². The van der Waals surface area contributed by atoms with Crippen LogP contribution >= 0.6 is 0 Å². The Morgan fingerprint density at radius 1 is 1.11 bits per heavy atom. The van der Waals surface area contributed by atoms with Crippen LogP contribution in [-0.2, 0) is 20.4 Å². The second kappa shape index (κ2) is 18.1. The van der Waals surface area contributed by atoms with Crippen LogP contribution < -0.4 is 0 Å². The quantitative estimate of drug-likeness (QED) is 0.145. The monoisotopic (exact) mass is 513 g/mol. The maximum absolute atomic E-state index is 13.2. The van der Waals surface area contributed by atoms with Gasteiger partial charge in [0.15, 0.2) is 11.5 Å². The fourth-order valence-corrected chi connectivity index (χ4v) is 3.02. The summed E-state index contributed by atoms with van der Waals surface area (Å²) >= 11 is 0. The van der Waals surface area contributed by atoms with Gasteiger partial charge in [-0.25, -0.2) is 0 Å². The number of hydrogen-bond acceptors (Lipinski definition) is 5. The van der Waals surface area contributed by atoms with Crippen LogP contribution in [0.15, 0.2) is 53.0 Å². The Morgan fingerprint density at radius 2 is 1.78 bits per heavy atom. The van der Waals surface area contributed by atoms with Crippen LogP contribution in [0.4, 0.5) is 13.2 Å². The number of hydrogen-bond donors (Lipinski definition) is 1. The lowest BCUT2D eigenvalue weighted by Crippen LogP contribution is -2.07. The molecule has 1 rings (SSSR count). The lowest BCUT2D eigenvalue weighted by atomic mass is 10.0. The Hall–Kier alpha value is -3.23. The number of carboxylic acid groups (broad SMARTS) is 1. The van der Waals surface area contributed by atoms with Gasteiger partial charge in [0.05, 0.1) is 31.3 Å². The summed E-state index contributed by atoms with van der Waals surface area (Å²) < 4.78 is 55.4. The molecule has 0 unspecified atom stereocenters. The van der Waals surface area contributed by atoms with E-state index in [1.165, 1.54) is 18.4 Å². The predicted molar refractivity (Wildman–Crippen MR) is 136 cm³/mol. The number of ether oxygens (including phenoxy) is 2. The summed E-state index contributed by atoms with van der Waals surface area (Å²) in [5.41, 5.74) is 1.09. The third-order valence-electron chi connectivity index (χ3n) is 4.77. The Morgan fingerprint density at radius 3 is 2.31 bits per heavy atom. The van der Waals surface area contributed by atoms with Crippen molar-refractivity contribution in [1.82, 2.24) is 5.16 Å². The first kappa shape index (κ1) is 32.8. The van der Waals surface area contributed by atoms with Gasteiger partial charge in [0.2, 0.25) is 0 Å². The van der Waals surface area contributed by atoms with E-state index in [0.717, 1.165) is 11.1 Å². The third kappa shape index (κ3) is 11.5. The smallest absolute Gasteiger partial charge is 0.437 e. The van der Waals surface area contributed by atoms with E-state index in [4.69, 9.17) is 19.1 Å². The molecule has 0 aliphatic heterocycles. The van der Waals surface area contributed by atoms with Gasteiger partial charge in [0, 0.05) is 18.4 Å². The molecule has 1 aromatic heterocycles. The fraction of sp³-hybridized carbons (Fsp3) is 0.481. The zero-order chi connectivity index (χ0) is 27.6. The molecule has 0 amide bonds. The van der Waals surface area contributed by atoms with Gasteiger partial charge in [-0.1, -0.05) is 57.7 Å². The van der Waals surface area contributed by atoms with Gasteiger partial charge >= 0.3 is 12.1 Å². The van der Waals surface area contributed by atoms with E-state index in [2.05, 4.69) is 11.7 Å². The fourth-order valence-electron chi connectivity index (χ4n) is 3.02. The molecule has 0 bridgehead atoms. The Balaban J connectivity index is 0.00000596. The third-order valence-corrected chi connectivity index (χ3v) is 4.77. The first-order valence-electron chi connectivity index (χ1n) is 12.0. The van der Waals surface area contributed by atoms with E-state index in [1.54, 1.807) is 32.3 Å². The molecule has 202 valence electrons. The molecule has 0 radical (unpaired) electrons. The predicted octanol–water partition coefficient (Wildman–Crippen LogP) is 8.20. The molecule has 0 aliphatic rings. The number of aromatic nitrogens is 1. The van der Waals surface area contributed by atoms with Crippen LogP contribution in [0.2, 0.25) is 0 Å². The van der Waals surface area contributed by atoms with Crippen molar-refractivity contribution in [2.75, 3.05) is 13.2 Å². The Bertz CT molecular complexity index is 924. The topological polar surface area (TPSA) is 81.8 Å². The molecule has 36 heavy (non-hydrogen) atoms. The average molecular weight is 514 g/mol. The van der Waals surface area contributed by atoms with Crippen LogP contribution in [0.3, 0.4) is 0 Å². The molecule has 0 saturated heterocycles. The number of alkyl halides is 3. The number of carbonyl (C=O) groups is 1. The minimum absolute atomic E-state index is 0.0337. The van der Waals surface area contributed by atoms with Crippen molar-refractivity contribution in [2.24, 2.45) is 0 Å². The van der Waals surface area contributed by atoms with Gasteiger partial charge < -0.3 is 19.1 Å². The van der Waals surface area contributed by atoms with E-state index in [0.29, 0.717) is 44.5 Å². The van der Waals surface area contributed by atoms with Crippen molar-refractivity contribution in [3.63, 3.8) is 0 Å². The van der Waals surface area contributed by atoms with Gasteiger partial charge in [-0.05, 0) is 43.4 Å². The molecule has 0 atom stereocenters. The Kier molecular flexibility index (Phi) is 16.5. The number of aliphatic carboxylic acids is 1. The summed E-state index contributed by atoms with van der Waals surface area (Å²) in [7, 11) is 0. The van der Waals surface area contributed by atoms with Crippen LogP contribution in [0.25, 0.3) is 11.6 Å². The van der Waals surface area contributed by atoms with Crippen molar-refractivity contribution in [3.05, 3.63) is 65.5 Å². The minimum atomic E-state index is -4.61. The van der Waals surface area contributed by atoms with Gasteiger partial charge in [0.25, 0.3) is 0 Å². The van der Waals surface area contributed by atoms with E-state index in [1.807, 2.05) is 20.8 Å². The van der Waals surface area contributed by atoms with Crippen LogP contribution in [0, 0.1) is 0 Å². The van der Waals surface area contributed by atoms with Gasteiger partial charge in [-0.3, -0.25) is 4.79 Å². The summed E-state index contributed by atoms with van der Waals surface area (Å²) in [5.74, 6) is -0.829. The van der Waals surface area contributed by atoms with E-state index in [-0.39, 0.29) is 17.7 Å². The molecular weight excluding hydrogens is 475 g/mol. The number of rotatable bonds is 15. The van der Waals surface area contributed by atoms with Gasteiger partial charge in [-0.15, -0.1) is 0 Å². The molecule has 1 aromatic rings. The van der Waals surface area contributed by atoms with Crippen molar-refractivity contribution < 1.29 is 37.1 Å². The standard InChI is InChI=1S/C25H32F3NO5.C2H6/c1-5-10-21-23(34-29-24(21)25(26,27)28)20(8-4)17-33-15-9-14-32-16-13-19(7-3)18(6-2)11-12-22(30)31;1-2/h5-6,10,13,16-17H,2,7-9,11-12,14-15H2,1,3-4H3,(H,30,31);1-2H3/b10-5-,16-13+,19-18+,20-17+;. The highest BCUT2D eigenvalue weighted by Crippen LogP contribution is 2.36. The highest BCUT2D eigenvalue weighted by Gasteiger charge is 2.39. The normalized spacial score (nSPS) is 12.8. The number of nitrogens with zero attached hydrogens (tertiary/aromatic N) is 1. The zero-order valence-electron chi connectivity index (χ0n) is 21.8. The van der Waals surface area contributed by atoms with Crippen molar-refractivity contribution >= 4 is 17.6 Å². The van der Waals surface area contributed by atoms with Crippen LogP contribution in [0.5, 0.6) is 0 Å². The Labute approximate surface area is 211 Å². The van der Waals surface area contributed by atoms with Crippen molar-refractivity contribution in [3.8, 4) is 0 Å². The number of carboxylic acids is 1. The first-order chi connectivity index (χ1) is 17.2. The lowest BCUT2D eigenvalue weighted by Gasteiger charge is -2.07. The molecule has 0 spiro atoms. The highest BCUT2D eigenvalue weighted by atomic mass is 19.4. The van der Waals surface area contributed by atoms with Gasteiger partial charge in [-0.2, -0.15) is 13.2 Å². The maximum atomic E-state index is 13.2. The van der Waals surface area contributed by atoms with E-state index < -0.39 is 17.8 Å². The van der Waals surface area contributed by atoms with Gasteiger partial charge in [0.1, 0.15) is 0 Å². The molecular formula is C27H38F3NO5. The lowest BCUT2D eigenvalue weighted by molar-refractivity contribution is -0.143. The summed E-state index contributed by atoms with van der Waals surface area (Å²) in [5, 5.41) is 12.0. The molecule has 1 heterocycles. The summed E-state index contributed by atoms with van der Waals surface area (Å²) in [6, 6.07) is 0. The molecule has 1 N–H and O–H groups in total. The van der Waals surface area contributed by atoms with Crippen molar-refractivity contribution in [2.45, 2.75) is 72.9 Å². The molecule has 9 heteroatoms. The van der Waals surface area contributed by atoms with E-state index in [9.17, 15) is 18.0 Å². The number of allylic oxidation sites excluding steroid dienone is 6. The minimum Gasteiger partial charge on any atom is -0.501 e. The molecule has 0 saturated carbocycles. The first-order valence-corrected chi connectivity index (χ1v) is 12.0. The highest BCUT2D eigenvalue weighted by molar-refractivity contribution is 5.71. The molecule has 0 aromatic carbocycles. The summed E-state index contributed by atoms with van der Waals surface area (Å²) in [6.07, 6.45) is 6.67. The summed E-state index contributed by atoms with van der Waals surface area (Å²) in [4.78, 5) is 10.8. The maximum Gasteiger partial charge on any atom is 0.437 e. The largest absolute Gasteiger partial charge is 0.501 e. The molecule has 6 nitrogen and oxygen atoms in total. The second-order valence-electron chi connectivity index (χ2n) is 7.17. The SMILES string of the molecule is C=C/C(CCC(=O)O)=C(\C=C\OCCCO/C=C(\CC)c1onc(C(F)(F)F)c1/C=C\C)CC.CC. The van der Waals surface area contributed by atoms with Crippen molar-refractivity contribution in [1.29, 1.82) is 0 Å². The van der Waals surface area contributed by atoms with E-state index >= 15 is 0 Å². The van der Waals surface area contributed by atoms with Crippen LogP contribution in [-0.4, -0.2) is 29.4 Å². The number of halogens is 3.